The van der Waals surface area contributed by atoms with Gasteiger partial charge in [-0.2, -0.15) is 0 Å². The van der Waals surface area contributed by atoms with Crippen LogP contribution in [-0.2, 0) is 4.79 Å². The van der Waals surface area contributed by atoms with Gasteiger partial charge in [-0.25, -0.2) is 0 Å². The number of carbonyl (C=O) groups excluding carboxylic acids is 2. The molecular weight excluding hydrogens is 426 g/mol. The SMILES string of the molecule is O=C1NC2=C(NCC=C2)N(C(=O)CN2CCC(CCCN3CCCCC3)CC2)c2ccccc21. The summed E-state index contributed by atoms with van der Waals surface area (Å²) in [6.07, 6.45) is 12.9. The second-order valence-corrected chi connectivity index (χ2v) is 10.0. The van der Waals surface area contributed by atoms with Gasteiger partial charge in [0.15, 0.2) is 0 Å². The van der Waals surface area contributed by atoms with Gasteiger partial charge in [-0.05, 0) is 95.4 Å². The molecule has 0 unspecified atom stereocenters. The van der Waals surface area contributed by atoms with Crippen LogP contribution in [-0.4, -0.2) is 67.4 Å². The maximum atomic E-state index is 13.6. The van der Waals surface area contributed by atoms with Gasteiger partial charge in [0.25, 0.3) is 5.91 Å². The average molecular weight is 464 g/mol. The van der Waals surface area contributed by atoms with Gasteiger partial charge in [0.1, 0.15) is 5.82 Å². The lowest BCUT2D eigenvalue weighted by Crippen LogP contribution is -2.46. The first-order valence-corrected chi connectivity index (χ1v) is 13.0. The molecule has 1 aromatic carbocycles. The summed E-state index contributed by atoms with van der Waals surface area (Å²) in [6.45, 7) is 6.74. The summed E-state index contributed by atoms with van der Waals surface area (Å²) in [4.78, 5) is 33.0. The van der Waals surface area contributed by atoms with E-state index in [4.69, 9.17) is 0 Å². The first-order valence-electron chi connectivity index (χ1n) is 13.0. The van der Waals surface area contributed by atoms with Gasteiger partial charge in [0.05, 0.1) is 23.5 Å². The number of anilines is 1. The fourth-order valence-electron chi connectivity index (χ4n) is 5.72. The maximum Gasteiger partial charge on any atom is 0.257 e. The molecule has 4 aliphatic heterocycles. The molecule has 34 heavy (non-hydrogen) atoms. The fourth-order valence-corrected chi connectivity index (χ4v) is 5.72. The van der Waals surface area contributed by atoms with Crippen LogP contribution >= 0.6 is 0 Å². The molecule has 0 radical (unpaired) electrons. The van der Waals surface area contributed by atoms with Crippen LogP contribution < -0.4 is 15.5 Å². The first kappa shape index (κ1) is 23.1. The zero-order chi connectivity index (χ0) is 23.3. The van der Waals surface area contributed by atoms with Crippen molar-refractivity contribution in [3.8, 4) is 0 Å². The number of carbonyl (C=O) groups is 2. The molecule has 0 atom stereocenters. The highest BCUT2D eigenvalue weighted by Gasteiger charge is 2.32. The summed E-state index contributed by atoms with van der Waals surface area (Å²) in [7, 11) is 0. The minimum atomic E-state index is -0.183. The Bertz CT molecular complexity index is 958. The van der Waals surface area contributed by atoms with Crippen molar-refractivity contribution in [2.75, 3.05) is 50.7 Å². The predicted molar refractivity (Wildman–Crippen MR) is 134 cm³/mol. The largest absolute Gasteiger partial charge is 0.366 e. The van der Waals surface area contributed by atoms with Crippen LogP contribution in [0.2, 0.25) is 0 Å². The number of fused-ring (bicyclic) bond motifs is 1. The number of benzene rings is 1. The van der Waals surface area contributed by atoms with Crippen molar-refractivity contribution in [1.29, 1.82) is 0 Å². The van der Waals surface area contributed by atoms with Crippen molar-refractivity contribution in [1.82, 2.24) is 20.4 Å². The van der Waals surface area contributed by atoms with Crippen molar-refractivity contribution in [3.63, 3.8) is 0 Å². The van der Waals surface area contributed by atoms with Crippen molar-refractivity contribution in [2.45, 2.75) is 44.9 Å². The second-order valence-electron chi connectivity index (χ2n) is 10.0. The van der Waals surface area contributed by atoms with Gasteiger partial charge in [-0.3, -0.25) is 19.4 Å². The highest BCUT2D eigenvalue weighted by Crippen LogP contribution is 2.30. The Kier molecular flexibility index (Phi) is 7.30. The molecule has 5 rings (SSSR count). The first-order chi connectivity index (χ1) is 16.7. The van der Waals surface area contributed by atoms with Crippen LogP contribution in [0.5, 0.6) is 0 Å². The molecule has 7 nitrogen and oxygen atoms in total. The topological polar surface area (TPSA) is 67.9 Å². The van der Waals surface area contributed by atoms with Crippen molar-refractivity contribution in [3.05, 3.63) is 53.5 Å². The summed E-state index contributed by atoms with van der Waals surface area (Å²) in [6, 6.07) is 7.36. The Morgan fingerprint density at radius 1 is 1.00 bits per heavy atom. The van der Waals surface area contributed by atoms with Gasteiger partial charge in [0, 0.05) is 6.54 Å². The van der Waals surface area contributed by atoms with E-state index in [0.717, 1.165) is 19.0 Å². The van der Waals surface area contributed by atoms with Gasteiger partial charge < -0.3 is 15.5 Å². The molecule has 182 valence electrons. The lowest BCUT2D eigenvalue weighted by molar-refractivity contribution is -0.119. The monoisotopic (exact) mass is 463 g/mol. The van der Waals surface area contributed by atoms with Gasteiger partial charge in [-0.15, -0.1) is 0 Å². The molecule has 4 aliphatic rings. The quantitative estimate of drug-likeness (QED) is 0.679. The van der Waals surface area contributed by atoms with E-state index in [1.54, 1.807) is 11.0 Å². The molecule has 0 spiro atoms. The van der Waals surface area contributed by atoms with E-state index in [1.807, 2.05) is 30.4 Å². The summed E-state index contributed by atoms with van der Waals surface area (Å²) in [5.74, 6) is 1.26. The third kappa shape index (κ3) is 5.20. The van der Waals surface area contributed by atoms with Crippen LogP contribution in [0.4, 0.5) is 5.69 Å². The third-order valence-electron chi connectivity index (χ3n) is 7.64. The normalized spacial score (nSPS) is 22.0. The summed E-state index contributed by atoms with van der Waals surface area (Å²) in [5.41, 5.74) is 1.81. The minimum Gasteiger partial charge on any atom is -0.366 e. The average Bonchev–Trinajstić information content (AvgIpc) is 2.99. The van der Waals surface area contributed by atoms with Gasteiger partial charge >= 0.3 is 0 Å². The Morgan fingerprint density at radius 3 is 2.62 bits per heavy atom. The summed E-state index contributed by atoms with van der Waals surface area (Å²) >= 11 is 0. The number of dihydropyridines is 1. The highest BCUT2D eigenvalue weighted by molar-refractivity contribution is 6.08. The van der Waals surface area contributed by atoms with E-state index in [-0.39, 0.29) is 11.8 Å². The number of rotatable bonds is 6. The van der Waals surface area contributed by atoms with Crippen LogP contribution in [0.25, 0.3) is 0 Å². The number of nitrogens with zero attached hydrogens (tertiary/aromatic N) is 3. The van der Waals surface area contributed by atoms with Crippen molar-refractivity contribution >= 4 is 17.5 Å². The molecule has 2 saturated heterocycles. The number of hydrogen-bond acceptors (Lipinski definition) is 5. The van der Waals surface area contributed by atoms with Gasteiger partial charge in [0.2, 0.25) is 5.91 Å². The van der Waals surface area contributed by atoms with Crippen molar-refractivity contribution < 1.29 is 9.59 Å². The molecule has 0 bridgehead atoms. The number of allylic oxidation sites excluding steroid dienone is 1. The van der Waals surface area contributed by atoms with Crippen LogP contribution in [0.1, 0.15) is 55.3 Å². The molecule has 2 fully saturated rings. The molecule has 0 saturated carbocycles. The molecule has 2 amide bonds. The third-order valence-corrected chi connectivity index (χ3v) is 7.64. The number of amides is 2. The zero-order valence-corrected chi connectivity index (χ0v) is 20.1. The minimum absolute atomic E-state index is 0.00259. The number of nitrogens with one attached hydrogen (secondary N) is 2. The van der Waals surface area contributed by atoms with E-state index in [1.165, 1.54) is 64.6 Å². The molecule has 0 aromatic heterocycles. The van der Waals surface area contributed by atoms with Crippen LogP contribution in [0, 0.1) is 5.92 Å². The summed E-state index contributed by atoms with van der Waals surface area (Å²) in [5, 5.41) is 6.26. The lowest BCUT2D eigenvalue weighted by Gasteiger charge is -2.34. The summed E-state index contributed by atoms with van der Waals surface area (Å²) < 4.78 is 0. The van der Waals surface area contributed by atoms with Gasteiger partial charge in [-0.1, -0.05) is 24.6 Å². The fraction of sp³-hybridized carbons (Fsp3) is 0.556. The smallest absolute Gasteiger partial charge is 0.257 e. The Hall–Kier alpha value is -2.64. The highest BCUT2D eigenvalue weighted by atomic mass is 16.2. The van der Waals surface area contributed by atoms with Crippen molar-refractivity contribution in [2.24, 2.45) is 5.92 Å². The Labute approximate surface area is 202 Å². The molecule has 0 aliphatic carbocycles. The van der Waals surface area contributed by atoms with Crippen LogP contribution in [0.3, 0.4) is 0 Å². The second kappa shape index (κ2) is 10.7. The molecule has 2 N–H and O–H groups in total. The number of likely N-dealkylation sites (tertiary alicyclic amines) is 2. The number of para-hydroxylation sites is 1. The van der Waals surface area contributed by atoms with E-state index in [9.17, 15) is 9.59 Å². The number of hydrogen-bond donors (Lipinski definition) is 2. The van der Waals surface area contributed by atoms with E-state index >= 15 is 0 Å². The molecule has 1 aromatic rings. The Morgan fingerprint density at radius 2 is 1.79 bits per heavy atom. The van der Waals surface area contributed by atoms with E-state index in [2.05, 4.69) is 20.4 Å². The van der Waals surface area contributed by atoms with Crippen LogP contribution in [0.15, 0.2) is 47.9 Å². The standard InChI is InChI=1S/C27H37N5O2/c33-25(20-31-18-12-21(13-19-31)8-7-17-30-15-4-1-5-16-30)32-24-11-3-2-9-22(24)27(34)29-23-10-6-14-28-26(23)32/h2-3,6,9-11,21,28H,1,4-5,7-8,12-20H2,(H,29,34). The maximum absolute atomic E-state index is 13.6. The molecule has 4 heterocycles. The molecular formula is C27H37N5O2. The van der Waals surface area contributed by atoms with E-state index < -0.39 is 0 Å². The lowest BCUT2D eigenvalue weighted by atomic mass is 9.92. The predicted octanol–water partition coefficient (Wildman–Crippen LogP) is 3.07. The van der Waals surface area contributed by atoms with E-state index in [0.29, 0.717) is 35.9 Å². The zero-order valence-electron chi connectivity index (χ0n) is 20.1. The Balaban J connectivity index is 1.19. The number of piperidine rings is 2. The molecule has 7 heteroatoms.